The molecule has 1 rings (SSSR count). The number of allylic oxidation sites excluding steroid dienone is 4. The summed E-state index contributed by atoms with van der Waals surface area (Å²) in [5.41, 5.74) is 2.43. The van der Waals surface area contributed by atoms with Crippen LogP contribution in [0.4, 0.5) is 13.2 Å². The smallest absolute Gasteiger partial charge is 0.295 e. The molecule has 0 aromatic carbocycles. The van der Waals surface area contributed by atoms with Gasteiger partial charge in [-0.15, -0.1) is 0 Å². The highest BCUT2D eigenvalue weighted by Crippen LogP contribution is 2.29. The molecular formula is C14H19F3O. The van der Waals surface area contributed by atoms with Crippen molar-refractivity contribution in [2.24, 2.45) is 0 Å². The Bertz CT molecular complexity index is 375. The summed E-state index contributed by atoms with van der Waals surface area (Å²) in [6.45, 7) is 3.23. The van der Waals surface area contributed by atoms with E-state index in [1.807, 2.05) is 0 Å². The lowest BCUT2D eigenvalue weighted by Gasteiger charge is -2.17. The topological polar surface area (TPSA) is 17.1 Å². The zero-order valence-electron chi connectivity index (χ0n) is 10.9. The van der Waals surface area contributed by atoms with Gasteiger partial charge >= 0.3 is 6.18 Å². The fourth-order valence-corrected chi connectivity index (χ4v) is 2.20. The number of halogens is 3. The predicted octanol–water partition coefficient (Wildman–Crippen LogP) is 4.73. The molecule has 0 fully saturated rings. The molecule has 0 N–H and O–H groups in total. The van der Waals surface area contributed by atoms with E-state index in [4.69, 9.17) is 0 Å². The van der Waals surface area contributed by atoms with Crippen LogP contribution in [0.15, 0.2) is 22.8 Å². The Morgan fingerprint density at radius 3 is 2.39 bits per heavy atom. The van der Waals surface area contributed by atoms with Gasteiger partial charge in [-0.25, -0.2) is 0 Å². The highest BCUT2D eigenvalue weighted by atomic mass is 19.4. The normalized spacial score (nSPS) is 18.2. The number of carbonyl (C=O) groups is 1. The maximum atomic E-state index is 12.1. The van der Waals surface area contributed by atoms with Crippen molar-refractivity contribution < 1.29 is 18.0 Å². The van der Waals surface area contributed by atoms with Crippen molar-refractivity contribution in [2.75, 3.05) is 0 Å². The first kappa shape index (κ1) is 15.0. The van der Waals surface area contributed by atoms with Crippen LogP contribution in [0.25, 0.3) is 0 Å². The van der Waals surface area contributed by atoms with Crippen LogP contribution in [0.2, 0.25) is 0 Å². The fraction of sp³-hybridized carbons (Fsp3) is 0.643. The van der Waals surface area contributed by atoms with Crippen LogP contribution in [-0.4, -0.2) is 12.0 Å². The minimum Gasteiger partial charge on any atom is -0.295 e. The zero-order valence-corrected chi connectivity index (χ0v) is 10.9. The molecule has 0 heterocycles. The maximum Gasteiger partial charge on any atom is 0.389 e. The molecule has 102 valence electrons. The van der Waals surface area contributed by atoms with Crippen molar-refractivity contribution in [3.8, 4) is 0 Å². The first-order valence-electron chi connectivity index (χ1n) is 6.26. The summed E-state index contributed by atoms with van der Waals surface area (Å²) in [4.78, 5) is 11.4. The van der Waals surface area contributed by atoms with E-state index in [9.17, 15) is 18.0 Å². The Hall–Kier alpha value is -1.06. The standard InChI is InChI=1S/C14H19F3O/c1-10(7-8-14(15,16)17)9-12-5-3-4-6-13(12)11(2)18/h9H,3-8H2,1-2H3/b10-9+. The van der Waals surface area contributed by atoms with E-state index < -0.39 is 12.6 Å². The summed E-state index contributed by atoms with van der Waals surface area (Å²) in [6, 6.07) is 0. The molecule has 0 amide bonds. The van der Waals surface area contributed by atoms with Crippen LogP contribution in [0.3, 0.4) is 0 Å². The third kappa shape index (κ3) is 5.07. The van der Waals surface area contributed by atoms with E-state index in [-0.39, 0.29) is 12.2 Å². The van der Waals surface area contributed by atoms with Gasteiger partial charge in [-0.05, 0) is 57.1 Å². The minimum absolute atomic E-state index is 0.0121. The number of Topliss-reactive ketones (excluding diaryl/α,β-unsaturated/α-hetero) is 1. The molecule has 0 saturated carbocycles. The SMILES string of the molecule is CC(=O)C1=C(/C=C(\C)CCC(F)(F)F)CCCC1. The van der Waals surface area contributed by atoms with Crippen molar-refractivity contribution in [1.82, 2.24) is 0 Å². The molecule has 0 aliphatic heterocycles. The molecule has 0 unspecified atom stereocenters. The number of alkyl halides is 3. The molecule has 1 aliphatic carbocycles. The molecule has 1 nitrogen and oxygen atoms in total. The lowest BCUT2D eigenvalue weighted by molar-refractivity contribution is -0.134. The summed E-state index contributed by atoms with van der Waals surface area (Å²) >= 11 is 0. The number of hydrogen-bond acceptors (Lipinski definition) is 1. The Morgan fingerprint density at radius 1 is 1.22 bits per heavy atom. The fourth-order valence-electron chi connectivity index (χ4n) is 2.20. The van der Waals surface area contributed by atoms with Crippen LogP contribution in [0.5, 0.6) is 0 Å². The van der Waals surface area contributed by atoms with Gasteiger partial charge in [0.25, 0.3) is 0 Å². The van der Waals surface area contributed by atoms with Gasteiger partial charge in [0.1, 0.15) is 0 Å². The van der Waals surface area contributed by atoms with Crippen LogP contribution in [-0.2, 0) is 4.79 Å². The molecule has 0 atom stereocenters. The van der Waals surface area contributed by atoms with Gasteiger partial charge in [0, 0.05) is 6.42 Å². The summed E-state index contributed by atoms with van der Waals surface area (Å²) in [5, 5.41) is 0. The van der Waals surface area contributed by atoms with Gasteiger partial charge < -0.3 is 0 Å². The first-order chi connectivity index (χ1) is 8.29. The Kier molecular flexibility index (Phi) is 5.17. The lowest BCUT2D eigenvalue weighted by atomic mass is 9.88. The summed E-state index contributed by atoms with van der Waals surface area (Å²) in [5.74, 6) is 0.0459. The molecule has 4 heteroatoms. The van der Waals surface area contributed by atoms with Crippen molar-refractivity contribution in [3.63, 3.8) is 0 Å². The number of carbonyl (C=O) groups excluding carboxylic acids is 1. The Morgan fingerprint density at radius 2 is 1.83 bits per heavy atom. The van der Waals surface area contributed by atoms with Crippen LogP contribution in [0, 0.1) is 0 Å². The quantitative estimate of drug-likeness (QED) is 0.713. The molecule has 0 radical (unpaired) electrons. The van der Waals surface area contributed by atoms with E-state index in [0.717, 1.165) is 36.8 Å². The van der Waals surface area contributed by atoms with Gasteiger partial charge in [-0.3, -0.25) is 4.79 Å². The van der Waals surface area contributed by atoms with Gasteiger partial charge in [0.2, 0.25) is 0 Å². The average molecular weight is 260 g/mol. The third-order valence-corrected chi connectivity index (χ3v) is 3.16. The Balaban J connectivity index is 2.76. The van der Waals surface area contributed by atoms with Gasteiger partial charge in [0.05, 0.1) is 0 Å². The first-order valence-corrected chi connectivity index (χ1v) is 6.26. The van der Waals surface area contributed by atoms with E-state index in [0.29, 0.717) is 5.57 Å². The molecule has 0 bridgehead atoms. The molecule has 1 aliphatic rings. The zero-order chi connectivity index (χ0) is 13.8. The number of ketones is 1. The largest absolute Gasteiger partial charge is 0.389 e. The van der Waals surface area contributed by atoms with Gasteiger partial charge in [-0.1, -0.05) is 11.6 Å². The van der Waals surface area contributed by atoms with E-state index >= 15 is 0 Å². The molecular weight excluding hydrogens is 241 g/mol. The average Bonchev–Trinajstić information content (AvgIpc) is 2.26. The van der Waals surface area contributed by atoms with E-state index in [1.165, 1.54) is 6.92 Å². The molecule has 0 spiro atoms. The maximum absolute atomic E-state index is 12.1. The van der Waals surface area contributed by atoms with Crippen molar-refractivity contribution in [3.05, 3.63) is 22.8 Å². The van der Waals surface area contributed by atoms with Crippen LogP contribution < -0.4 is 0 Å². The lowest BCUT2D eigenvalue weighted by Crippen LogP contribution is -2.08. The second-order valence-electron chi connectivity index (χ2n) is 4.87. The highest BCUT2D eigenvalue weighted by molar-refractivity contribution is 5.94. The van der Waals surface area contributed by atoms with Crippen molar-refractivity contribution in [1.29, 1.82) is 0 Å². The minimum atomic E-state index is -4.11. The summed E-state index contributed by atoms with van der Waals surface area (Å²) in [7, 11) is 0. The highest BCUT2D eigenvalue weighted by Gasteiger charge is 2.26. The monoisotopic (exact) mass is 260 g/mol. The second-order valence-corrected chi connectivity index (χ2v) is 4.87. The van der Waals surface area contributed by atoms with Crippen LogP contribution in [0.1, 0.15) is 52.4 Å². The number of rotatable bonds is 4. The summed E-state index contributed by atoms with van der Waals surface area (Å²) < 4.78 is 36.3. The van der Waals surface area contributed by atoms with E-state index in [1.54, 1.807) is 13.0 Å². The third-order valence-electron chi connectivity index (χ3n) is 3.16. The Labute approximate surface area is 106 Å². The van der Waals surface area contributed by atoms with Crippen molar-refractivity contribution in [2.45, 2.75) is 58.5 Å². The van der Waals surface area contributed by atoms with E-state index in [2.05, 4.69) is 0 Å². The van der Waals surface area contributed by atoms with Crippen LogP contribution >= 0.6 is 0 Å². The van der Waals surface area contributed by atoms with Gasteiger partial charge in [0.15, 0.2) is 5.78 Å². The van der Waals surface area contributed by atoms with Gasteiger partial charge in [-0.2, -0.15) is 13.2 Å². The molecule has 0 saturated heterocycles. The number of hydrogen-bond donors (Lipinski definition) is 0. The summed E-state index contributed by atoms with van der Waals surface area (Å²) in [6.07, 6.45) is 0.451. The predicted molar refractivity (Wildman–Crippen MR) is 65.2 cm³/mol. The second kappa shape index (κ2) is 6.21. The molecule has 0 aromatic rings. The molecule has 0 aromatic heterocycles. The molecule has 18 heavy (non-hydrogen) atoms. The van der Waals surface area contributed by atoms with Crippen molar-refractivity contribution >= 4 is 5.78 Å².